The molecule has 1 aliphatic heterocycles. The minimum atomic E-state index is -4.28. The molecule has 1 fully saturated rings. The maximum atomic E-state index is 13.8. The molecular formula is C30H31Cl4N5O4S. The Bertz CT molecular complexity index is 1630. The summed E-state index contributed by atoms with van der Waals surface area (Å²) in [7, 11) is -4.28. The van der Waals surface area contributed by atoms with Gasteiger partial charge in [-0.3, -0.25) is 14.7 Å². The van der Waals surface area contributed by atoms with E-state index >= 15 is 0 Å². The molecule has 234 valence electrons. The first-order valence-electron chi connectivity index (χ1n) is 13.3. The Hall–Kier alpha value is -3.25. The Labute approximate surface area is 279 Å². The van der Waals surface area contributed by atoms with Crippen LogP contribution in [0.4, 0.5) is 11.4 Å². The molecule has 14 heteroatoms. The maximum absolute atomic E-state index is 13.8. The third kappa shape index (κ3) is 8.68. The largest absolute Gasteiger partial charge is 0.369 e. The molecule has 1 aromatic heterocycles. The van der Waals surface area contributed by atoms with Crippen LogP contribution in [0.3, 0.4) is 0 Å². The molecule has 0 atom stereocenters. The third-order valence-corrected chi connectivity index (χ3v) is 8.87. The molecule has 3 aromatic carbocycles. The lowest BCUT2D eigenvalue weighted by Gasteiger charge is -2.36. The number of carbonyl (C=O) groups is 1. The lowest BCUT2D eigenvalue weighted by molar-refractivity contribution is 0.0947. The van der Waals surface area contributed by atoms with Crippen LogP contribution in [0, 0.1) is 0 Å². The number of rotatable bonds is 10. The molecular weight excluding hydrogens is 668 g/mol. The van der Waals surface area contributed by atoms with Crippen molar-refractivity contribution in [3.8, 4) is 5.75 Å². The number of aromatic nitrogens is 1. The van der Waals surface area contributed by atoms with Crippen LogP contribution in [0.25, 0.3) is 0 Å². The monoisotopic (exact) mass is 697 g/mol. The van der Waals surface area contributed by atoms with Gasteiger partial charge in [0.2, 0.25) is 0 Å². The van der Waals surface area contributed by atoms with E-state index in [9.17, 15) is 13.2 Å². The summed E-state index contributed by atoms with van der Waals surface area (Å²) in [5.74, 6) is -0.264. The molecule has 0 aliphatic carbocycles. The first-order chi connectivity index (χ1) is 20.3. The van der Waals surface area contributed by atoms with Crippen LogP contribution >= 0.6 is 48.0 Å². The van der Waals surface area contributed by atoms with Crippen molar-refractivity contribution in [2.24, 2.45) is 0 Å². The van der Waals surface area contributed by atoms with Crippen molar-refractivity contribution in [3.63, 3.8) is 0 Å². The normalized spacial score (nSPS) is 13.3. The van der Waals surface area contributed by atoms with Gasteiger partial charge >= 0.3 is 0 Å². The molecule has 0 unspecified atom stereocenters. The Morgan fingerprint density at radius 2 is 1.59 bits per heavy atom. The molecule has 2 heterocycles. The minimum absolute atomic E-state index is 0. The van der Waals surface area contributed by atoms with Crippen molar-refractivity contribution in [2.75, 3.05) is 48.6 Å². The van der Waals surface area contributed by atoms with Gasteiger partial charge in [0, 0.05) is 67.9 Å². The van der Waals surface area contributed by atoms with Crippen LogP contribution in [0.1, 0.15) is 10.4 Å². The van der Waals surface area contributed by atoms with Crippen molar-refractivity contribution >= 4 is 75.3 Å². The fraction of sp³-hybridized carbons (Fsp3) is 0.200. The summed E-state index contributed by atoms with van der Waals surface area (Å²) in [6, 6.07) is 22.7. The highest BCUT2D eigenvalue weighted by molar-refractivity contribution is 7.92. The second-order valence-electron chi connectivity index (χ2n) is 9.55. The predicted octanol–water partition coefficient (Wildman–Crippen LogP) is 5.97. The van der Waals surface area contributed by atoms with Gasteiger partial charge in [0.1, 0.15) is 0 Å². The van der Waals surface area contributed by atoms with Crippen molar-refractivity contribution in [3.05, 3.63) is 113 Å². The molecule has 9 nitrogen and oxygen atoms in total. The zero-order valence-electron chi connectivity index (χ0n) is 23.4. The van der Waals surface area contributed by atoms with Crippen molar-refractivity contribution < 1.29 is 18.0 Å². The molecule has 1 N–H and O–H groups in total. The van der Waals surface area contributed by atoms with Crippen molar-refractivity contribution in [1.82, 2.24) is 15.2 Å². The van der Waals surface area contributed by atoms with Crippen LogP contribution < -0.4 is 19.5 Å². The summed E-state index contributed by atoms with van der Waals surface area (Å²) in [6.07, 6.45) is 3.58. The summed E-state index contributed by atoms with van der Waals surface area (Å²) in [6.45, 7) is 4.64. The molecule has 1 amide bonds. The maximum Gasteiger partial charge on any atom is 0.295 e. The average molecular weight is 699 g/mol. The number of sulfonamides is 1. The molecule has 44 heavy (non-hydrogen) atoms. The standard InChI is InChI=1S/C30H29Cl2N5O4S.2ClH/c31-24-9-10-29(28(32)22-24)41-37(26-6-2-1-3-7-26)42(39,40)27-8-4-5-23(21-27)30(38)34-15-16-35-17-19-36(20-18-35)25-11-13-33-14-12-25;;/h1-14,21-22H,15-20H2,(H,34,38);2*1H. The van der Waals surface area contributed by atoms with Gasteiger partial charge in [-0.2, -0.15) is 8.42 Å². The van der Waals surface area contributed by atoms with E-state index in [-0.39, 0.29) is 57.6 Å². The average Bonchev–Trinajstić information content (AvgIpc) is 3.02. The van der Waals surface area contributed by atoms with Gasteiger partial charge in [-0.25, -0.2) is 0 Å². The first kappa shape index (κ1) is 35.2. The Kier molecular flexibility index (Phi) is 12.9. The van der Waals surface area contributed by atoms with E-state index in [1.807, 2.05) is 12.1 Å². The Balaban J connectivity index is 0.00000264. The second kappa shape index (κ2) is 16.2. The van der Waals surface area contributed by atoms with Gasteiger partial charge in [0.25, 0.3) is 15.9 Å². The minimum Gasteiger partial charge on any atom is -0.369 e. The summed E-state index contributed by atoms with van der Waals surface area (Å²) >= 11 is 12.3. The lowest BCUT2D eigenvalue weighted by Crippen LogP contribution is -2.48. The van der Waals surface area contributed by atoms with E-state index in [0.717, 1.165) is 36.3 Å². The molecule has 0 radical (unpaired) electrons. The van der Waals surface area contributed by atoms with E-state index in [0.29, 0.717) is 18.1 Å². The van der Waals surface area contributed by atoms with Gasteiger partial charge in [-0.1, -0.05) is 51.9 Å². The summed E-state index contributed by atoms with van der Waals surface area (Å²) in [5, 5.41) is 3.44. The van der Waals surface area contributed by atoms with Crippen LogP contribution in [0.15, 0.2) is 102 Å². The number of nitrogens with one attached hydrogen (secondary N) is 1. The zero-order valence-corrected chi connectivity index (χ0v) is 27.3. The number of hydrogen-bond acceptors (Lipinski definition) is 7. The molecule has 5 rings (SSSR count). The fourth-order valence-electron chi connectivity index (χ4n) is 4.54. The SMILES string of the molecule is Cl.Cl.O=C(NCCN1CCN(c2ccncc2)CC1)c1cccc(S(=O)(=O)N(Oc2ccc(Cl)cc2Cl)c2ccccc2)c1. The molecule has 0 bridgehead atoms. The van der Waals surface area contributed by atoms with E-state index in [2.05, 4.69) is 20.1 Å². The molecule has 1 saturated heterocycles. The topological polar surface area (TPSA) is 95.1 Å². The molecule has 1 aliphatic rings. The van der Waals surface area contributed by atoms with E-state index < -0.39 is 10.0 Å². The lowest BCUT2D eigenvalue weighted by atomic mass is 10.2. The van der Waals surface area contributed by atoms with Crippen LogP contribution in [0.5, 0.6) is 5.75 Å². The predicted molar refractivity (Wildman–Crippen MR) is 179 cm³/mol. The van der Waals surface area contributed by atoms with Gasteiger partial charge < -0.3 is 15.1 Å². The quantitative estimate of drug-likeness (QED) is 0.204. The number of amides is 1. The molecule has 0 saturated carbocycles. The van der Waals surface area contributed by atoms with Crippen LogP contribution in [-0.4, -0.2) is 63.5 Å². The molecule has 0 spiro atoms. The van der Waals surface area contributed by atoms with Gasteiger partial charge in [-0.05, 0) is 60.7 Å². The summed E-state index contributed by atoms with van der Waals surface area (Å²) in [5.41, 5.74) is 1.62. The third-order valence-electron chi connectivity index (χ3n) is 6.77. The number of piperazine rings is 1. The van der Waals surface area contributed by atoms with Crippen molar-refractivity contribution in [2.45, 2.75) is 4.90 Å². The smallest absolute Gasteiger partial charge is 0.295 e. The number of nitrogens with zero attached hydrogens (tertiary/aromatic N) is 4. The number of anilines is 2. The van der Waals surface area contributed by atoms with Gasteiger partial charge in [0.15, 0.2) is 5.75 Å². The Morgan fingerprint density at radius 1 is 0.886 bits per heavy atom. The first-order valence-corrected chi connectivity index (χ1v) is 15.5. The van der Waals surface area contributed by atoms with E-state index in [1.54, 1.807) is 54.9 Å². The number of para-hydroxylation sites is 1. The second-order valence-corrected chi connectivity index (χ2v) is 12.1. The van der Waals surface area contributed by atoms with Gasteiger partial charge in [-0.15, -0.1) is 24.8 Å². The number of benzene rings is 3. The number of carbonyl (C=O) groups excluding carboxylic acids is 1. The number of pyridine rings is 1. The highest BCUT2D eigenvalue weighted by Crippen LogP contribution is 2.32. The van der Waals surface area contributed by atoms with Crippen LogP contribution in [-0.2, 0) is 10.0 Å². The summed E-state index contributed by atoms with van der Waals surface area (Å²) < 4.78 is 28.4. The summed E-state index contributed by atoms with van der Waals surface area (Å²) in [4.78, 5) is 27.4. The molecule has 4 aromatic rings. The van der Waals surface area contributed by atoms with Crippen LogP contribution in [0.2, 0.25) is 10.0 Å². The van der Waals surface area contributed by atoms with E-state index in [1.165, 1.54) is 30.3 Å². The highest BCUT2D eigenvalue weighted by Gasteiger charge is 2.29. The van der Waals surface area contributed by atoms with Gasteiger partial charge in [0.05, 0.1) is 15.6 Å². The fourth-order valence-corrected chi connectivity index (χ4v) is 6.28. The zero-order chi connectivity index (χ0) is 29.5. The van der Waals surface area contributed by atoms with Crippen molar-refractivity contribution in [1.29, 1.82) is 0 Å². The Morgan fingerprint density at radius 3 is 2.27 bits per heavy atom. The number of halogens is 4. The number of hydrogen-bond donors (Lipinski definition) is 1. The highest BCUT2D eigenvalue weighted by atomic mass is 35.5. The van der Waals surface area contributed by atoms with E-state index in [4.69, 9.17) is 28.0 Å².